The van der Waals surface area contributed by atoms with Crippen molar-refractivity contribution in [2.75, 3.05) is 6.54 Å². The number of benzene rings is 1. The van der Waals surface area contributed by atoms with E-state index in [1.807, 2.05) is 6.07 Å². The van der Waals surface area contributed by atoms with Crippen molar-refractivity contribution in [3.8, 4) is 6.07 Å². The minimum Gasteiger partial charge on any atom is -0.313 e. The fourth-order valence-corrected chi connectivity index (χ4v) is 1.29. The first-order chi connectivity index (χ1) is 7.27. The molecule has 0 saturated heterocycles. The summed E-state index contributed by atoms with van der Waals surface area (Å²) in [5, 5.41) is 11.7. The van der Waals surface area contributed by atoms with Gasteiger partial charge in [-0.25, -0.2) is 4.39 Å². The smallest absolute Gasteiger partial charge is 0.129 e. The second-order valence-electron chi connectivity index (χ2n) is 3.45. The topological polar surface area (TPSA) is 35.8 Å². The van der Waals surface area contributed by atoms with Crippen LogP contribution >= 0.6 is 0 Å². The molecule has 1 rings (SSSR count). The molecule has 0 aliphatic rings. The van der Waals surface area contributed by atoms with Crippen LogP contribution in [0.2, 0.25) is 0 Å². The molecule has 0 amide bonds. The largest absolute Gasteiger partial charge is 0.313 e. The van der Waals surface area contributed by atoms with Crippen molar-refractivity contribution in [1.29, 1.82) is 5.26 Å². The molecule has 1 aromatic carbocycles. The molecule has 0 atom stereocenters. The molecule has 80 valence electrons. The highest BCUT2D eigenvalue weighted by Crippen LogP contribution is 2.09. The summed E-state index contributed by atoms with van der Waals surface area (Å²) >= 11 is 0. The van der Waals surface area contributed by atoms with E-state index in [9.17, 15) is 4.39 Å². The Hall–Kier alpha value is -1.40. The Balaban J connectivity index is 2.52. The fourth-order valence-electron chi connectivity index (χ4n) is 1.29. The number of halogens is 1. The predicted molar refractivity (Wildman–Crippen MR) is 57.7 cm³/mol. The Morgan fingerprint density at radius 2 is 2.27 bits per heavy atom. The Kier molecular flexibility index (Phi) is 4.79. The summed E-state index contributed by atoms with van der Waals surface area (Å²) in [6, 6.07) is 6.48. The Morgan fingerprint density at radius 3 is 2.87 bits per heavy atom. The van der Waals surface area contributed by atoms with Gasteiger partial charge in [-0.15, -0.1) is 0 Å². The number of hydrogen-bond donors (Lipinski definition) is 1. The molecule has 0 aliphatic heterocycles. The quantitative estimate of drug-likeness (QED) is 0.751. The van der Waals surface area contributed by atoms with Crippen LogP contribution in [0.25, 0.3) is 0 Å². The zero-order chi connectivity index (χ0) is 11.1. The van der Waals surface area contributed by atoms with Gasteiger partial charge in [0.25, 0.3) is 0 Å². The molecular formula is C12H15FN2. The number of nitrogens with one attached hydrogen (secondary N) is 1. The van der Waals surface area contributed by atoms with E-state index in [0.717, 1.165) is 19.4 Å². The molecule has 0 bridgehead atoms. The highest BCUT2D eigenvalue weighted by molar-refractivity contribution is 5.32. The standard InChI is InChI=1S/C12H15FN2/c1-2-3-6-15-9-11-5-4-10(8-14)7-12(11)13/h4-5,7,15H,2-3,6,9H2,1H3. The maximum absolute atomic E-state index is 13.4. The summed E-state index contributed by atoms with van der Waals surface area (Å²) in [5.74, 6) is -0.307. The van der Waals surface area contributed by atoms with Crippen molar-refractivity contribution in [2.45, 2.75) is 26.3 Å². The van der Waals surface area contributed by atoms with Crippen molar-refractivity contribution in [3.05, 3.63) is 35.1 Å². The third kappa shape index (κ3) is 3.69. The van der Waals surface area contributed by atoms with Crippen molar-refractivity contribution in [3.63, 3.8) is 0 Å². The van der Waals surface area contributed by atoms with E-state index in [1.54, 1.807) is 12.1 Å². The molecule has 0 radical (unpaired) electrons. The second-order valence-corrected chi connectivity index (χ2v) is 3.45. The van der Waals surface area contributed by atoms with Crippen LogP contribution in [-0.2, 0) is 6.54 Å². The molecule has 1 aromatic rings. The van der Waals surface area contributed by atoms with Crippen molar-refractivity contribution < 1.29 is 4.39 Å². The molecule has 0 fully saturated rings. The molecule has 0 spiro atoms. The van der Waals surface area contributed by atoms with E-state index in [-0.39, 0.29) is 5.82 Å². The van der Waals surface area contributed by atoms with Gasteiger partial charge in [0.2, 0.25) is 0 Å². The summed E-state index contributed by atoms with van der Waals surface area (Å²) in [7, 11) is 0. The van der Waals surface area contributed by atoms with Crippen LogP contribution in [0.4, 0.5) is 4.39 Å². The van der Waals surface area contributed by atoms with Gasteiger partial charge in [-0.3, -0.25) is 0 Å². The lowest BCUT2D eigenvalue weighted by molar-refractivity contribution is 0.579. The molecule has 0 aromatic heterocycles. The number of rotatable bonds is 5. The van der Waals surface area contributed by atoms with Crippen LogP contribution in [0.1, 0.15) is 30.9 Å². The minimum absolute atomic E-state index is 0.307. The van der Waals surface area contributed by atoms with Crippen LogP contribution in [0, 0.1) is 17.1 Å². The van der Waals surface area contributed by atoms with Gasteiger partial charge in [0.05, 0.1) is 11.6 Å². The molecular weight excluding hydrogens is 191 g/mol. The van der Waals surface area contributed by atoms with Gasteiger partial charge in [-0.1, -0.05) is 19.4 Å². The van der Waals surface area contributed by atoms with Gasteiger partial charge < -0.3 is 5.32 Å². The lowest BCUT2D eigenvalue weighted by atomic mass is 10.1. The molecule has 0 unspecified atom stereocenters. The normalized spacial score (nSPS) is 9.93. The lowest BCUT2D eigenvalue weighted by Gasteiger charge is -2.05. The molecule has 0 aliphatic carbocycles. The summed E-state index contributed by atoms with van der Waals surface area (Å²) < 4.78 is 13.4. The summed E-state index contributed by atoms with van der Waals surface area (Å²) in [6.45, 7) is 3.54. The van der Waals surface area contributed by atoms with E-state index >= 15 is 0 Å². The molecule has 15 heavy (non-hydrogen) atoms. The monoisotopic (exact) mass is 206 g/mol. The first kappa shape index (κ1) is 11.7. The van der Waals surface area contributed by atoms with Gasteiger partial charge in [0.15, 0.2) is 0 Å². The predicted octanol–water partition coefficient (Wildman–Crippen LogP) is 2.59. The van der Waals surface area contributed by atoms with Crippen LogP contribution in [0.15, 0.2) is 18.2 Å². The maximum atomic E-state index is 13.4. The average molecular weight is 206 g/mol. The van der Waals surface area contributed by atoms with Crippen LogP contribution in [0.5, 0.6) is 0 Å². The maximum Gasteiger partial charge on any atom is 0.129 e. The molecule has 3 heteroatoms. The molecule has 1 N–H and O–H groups in total. The van der Waals surface area contributed by atoms with Crippen molar-refractivity contribution >= 4 is 0 Å². The van der Waals surface area contributed by atoms with Gasteiger partial charge >= 0.3 is 0 Å². The Bertz CT molecular complexity index is 355. The van der Waals surface area contributed by atoms with Gasteiger partial charge in [-0.05, 0) is 25.1 Å². The number of hydrogen-bond acceptors (Lipinski definition) is 2. The number of unbranched alkanes of at least 4 members (excludes halogenated alkanes) is 1. The SMILES string of the molecule is CCCCNCc1ccc(C#N)cc1F. The fraction of sp³-hybridized carbons (Fsp3) is 0.417. The van der Waals surface area contributed by atoms with Crippen LogP contribution in [-0.4, -0.2) is 6.54 Å². The van der Waals surface area contributed by atoms with Crippen molar-refractivity contribution in [2.24, 2.45) is 0 Å². The minimum atomic E-state index is -0.307. The highest BCUT2D eigenvalue weighted by Gasteiger charge is 2.02. The summed E-state index contributed by atoms with van der Waals surface area (Å²) in [6.07, 6.45) is 2.22. The van der Waals surface area contributed by atoms with E-state index in [4.69, 9.17) is 5.26 Å². The third-order valence-electron chi connectivity index (χ3n) is 2.20. The van der Waals surface area contributed by atoms with Gasteiger partial charge in [0, 0.05) is 12.1 Å². The molecule has 2 nitrogen and oxygen atoms in total. The number of nitrogens with zero attached hydrogens (tertiary/aromatic N) is 1. The third-order valence-corrected chi connectivity index (χ3v) is 2.20. The number of nitriles is 1. The van der Waals surface area contributed by atoms with E-state index in [1.165, 1.54) is 6.07 Å². The van der Waals surface area contributed by atoms with Gasteiger partial charge in [0.1, 0.15) is 5.82 Å². The second kappa shape index (κ2) is 6.15. The first-order valence-corrected chi connectivity index (χ1v) is 5.17. The zero-order valence-corrected chi connectivity index (χ0v) is 8.89. The lowest BCUT2D eigenvalue weighted by Crippen LogP contribution is -2.15. The van der Waals surface area contributed by atoms with Crippen LogP contribution in [0.3, 0.4) is 0 Å². The van der Waals surface area contributed by atoms with Crippen molar-refractivity contribution in [1.82, 2.24) is 5.32 Å². The van der Waals surface area contributed by atoms with E-state index < -0.39 is 0 Å². The Labute approximate surface area is 89.7 Å². The van der Waals surface area contributed by atoms with E-state index in [2.05, 4.69) is 12.2 Å². The Morgan fingerprint density at radius 1 is 1.47 bits per heavy atom. The first-order valence-electron chi connectivity index (χ1n) is 5.17. The van der Waals surface area contributed by atoms with Crippen LogP contribution < -0.4 is 5.32 Å². The molecule has 0 saturated carbocycles. The highest BCUT2D eigenvalue weighted by atomic mass is 19.1. The van der Waals surface area contributed by atoms with E-state index in [0.29, 0.717) is 17.7 Å². The summed E-state index contributed by atoms with van der Waals surface area (Å²) in [4.78, 5) is 0. The summed E-state index contributed by atoms with van der Waals surface area (Å²) in [5.41, 5.74) is 0.981. The molecule has 0 heterocycles. The zero-order valence-electron chi connectivity index (χ0n) is 8.89. The van der Waals surface area contributed by atoms with Gasteiger partial charge in [-0.2, -0.15) is 5.26 Å². The average Bonchev–Trinajstić information content (AvgIpc) is 2.26.